The van der Waals surface area contributed by atoms with E-state index in [1.165, 1.54) is 9.24 Å². The molecular weight excluding hydrogens is 114 g/mol. The van der Waals surface area contributed by atoms with Crippen LogP contribution in [0.2, 0.25) is 0 Å². The standard InChI is InChI=1S/CH3O2P.K/c2-1(3)4;/h4H2,(H,2,3);/q;+1/p-1. The molecule has 4 heteroatoms. The molecule has 0 bridgehead atoms. The number of carbonyl (C=O) groups excluding carboxylic acids is 1. The van der Waals surface area contributed by atoms with E-state index in [0.29, 0.717) is 0 Å². The van der Waals surface area contributed by atoms with Crippen LogP contribution in [0.25, 0.3) is 0 Å². The second-order valence-electron chi connectivity index (χ2n) is 0.319. The summed E-state index contributed by atoms with van der Waals surface area (Å²) in [6.07, 6.45) is 0. The van der Waals surface area contributed by atoms with Crippen molar-refractivity contribution in [2.75, 3.05) is 0 Å². The average Bonchev–Trinajstić information content (AvgIpc) is 0.811. The topological polar surface area (TPSA) is 40.1 Å². The smallest absolute Gasteiger partial charge is 0.546 e. The molecule has 24 valence electrons. The maximum atomic E-state index is 8.85. The Labute approximate surface area is 74.9 Å². The maximum Gasteiger partial charge on any atom is 1.00 e. The normalized spacial score (nSPS) is 5.00. The van der Waals surface area contributed by atoms with Gasteiger partial charge < -0.3 is 9.90 Å². The molecule has 0 aromatic carbocycles. The van der Waals surface area contributed by atoms with Crippen LogP contribution in [-0.2, 0) is 0 Å². The fourth-order valence-electron chi connectivity index (χ4n) is 0. The van der Waals surface area contributed by atoms with Crippen LogP contribution < -0.4 is 56.5 Å². The van der Waals surface area contributed by atoms with Gasteiger partial charge in [0.25, 0.3) is 0 Å². The van der Waals surface area contributed by atoms with Crippen LogP contribution in [0.3, 0.4) is 0 Å². The first-order valence-electron chi connectivity index (χ1n) is 0.697. The summed E-state index contributed by atoms with van der Waals surface area (Å²) < 4.78 is 0. The van der Waals surface area contributed by atoms with Crippen molar-refractivity contribution in [1.29, 1.82) is 0 Å². The van der Waals surface area contributed by atoms with Gasteiger partial charge in [0.2, 0.25) is 0 Å². The summed E-state index contributed by atoms with van der Waals surface area (Å²) in [4.78, 5) is 8.85. The molecule has 0 fully saturated rings. The van der Waals surface area contributed by atoms with Crippen LogP contribution >= 0.6 is 9.24 Å². The molecule has 0 aromatic heterocycles. The van der Waals surface area contributed by atoms with E-state index in [9.17, 15) is 0 Å². The Morgan fingerprint density at radius 3 is 1.80 bits per heavy atom. The third kappa shape index (κ3) is 29.3. The molecule has 1 unspecified atom stereocenters. The Kier molecular flexibility index (Phi) is 10.8. The van der Waals surface area contributed by atoms with Crippen molar-refractivity contribution in [2.24, 2.45) is 0 Å². The van der Waals surface area contributed by atoms with E-state index < -0.39 is 5.71 Å². The summed E-state index contributed by atoms with van der Waals surface area (Å²) in [5.41, 5.74) is -1.17. The zero-order valence-electron chi connectivity index (χ0n) is 2.89. The Balaban J connectivity index is 0. The van der Waals surface area contributed by atoms with Gasteiger partial charge in [-0.2, -0.15) is 0 Å². The van der Waals surface area contributed by atoms with Crippen molar-refractivity contribution < 1.29 is 61.3 Å². The van der Waals surface area contributed by atoms with Gasteiger partial charge in [0, 0.05) is 0 Å². The molecule has 0 saturated heterocycles. The molecule has 5 heavy (non-hydrogen) atoms. The van der Waals surface area contributed by atoms with Crippen molar-refractivity contribution in [3.8, 4) is 0 Å². The van der Waals surface area contributed by atoms with Crippen LogP contribution in [0.4, 0.5) is 4.79 Å². The van der Waals surface area contributed by atoms with Crippen LogP contribution in [0, 0.1) is 0 Å². The largest absolute Gasteiger partial charge is 1.00 e. The molecule has 0 heterocycles. The summed E-state index contributed by atoms with van der Waals surface area (Å²) in [7, 11) is 1.46. The van der Waals surface area contributed by atoms with Crippen molar-refractivity contribution in [3.05, 3.63) is 0 Å². The molecule has 0 radical (unpaired) electrons. The molecule has 2 nitrogen and oxygen atoms in total. The van der Waals surface area contributed by atoms with Crippen LogP contribution in [0.5, 0.6) is 0 Å². The van der Waals surface area contributed by atoms with E-state index in [1.54, 1.807) is 0 Å². The van der Waals surface area contributed by atoms with Crippen LogP contribution in [0.1, 0.15) is 0 Å². The van der Waals surface area contributed by atoms with Crippen molar-refractivity contribution in [2.45, 2.75) is 0 Å². The Morgan fingerprint density at radius 2 is 1.80 bits per heavy atom. The van der Waals surface area contributed by atoms with Gasteiger partial charge >= 0.3 is 51.4 Å². The first-order valence-corrected chi connectivity index (χ1v) is 1.27. The number of hydrogen-bond donors (Lipinski definition) is 0. The first kappa shape index (κ1) is 9.74. The van der Waals surface area contributed by atoms with Crippen molar-refractivity contribution >= 4 is 15.0 Å². The second kappa shape index (κ2) is 5.54. The predicted molar refractivity (Wildman–Crippen MR) is 15.1 cm³/mol. The van der Waals surface area contributed by atoms with Gasteiger partial charge in [0.15, 0.2) is 0 Å². The van der Waals surface area contributed by atoms with Gasteiger partial charge in [0.05, 0.1) is 5.71 Å². The fraction of sp³-hybridized carbons (Fsp3) is 0. The summed E-state index contributed by atoms with van der Waals surface area (Å²) in [5.74, 6) is 0. The molecule has 0 aliphatic rings. The minimum Gasteiger partial charge on any atom is -0.546 e. The quantitative estimate of drug-likeness (QED) is 0.240. The summed E-state index contributed by atoms with van der Waals surface area (Å²) in [6.45, 7) is 0. The third-order valence-electron chi connectivity index (χ3n) is 0. The monoisotopic (exact) mass is 116 g/mol. The molecule has 0 spiro atoms. The zero-order valence-corrected chi connectivity index (χ0v) is 7.17. The number of carboxylic acid groups (broad SMARTS) is 1. The zero-order chi connectivity index (χ0) is 3.58. The van der Waals surface area contributed by atoms with E-state index in [2.05, 4.69) is 0 Å². The van der Waals surface area contributed by atoms with Crippen molar-refractivity contribution in [1.82, 2.24) is 0 Å². The molecule has 0 amide bonds. The van der Waals surface area contributed by atoms with E-state index in [1.807, 2.05) is 0 Å². The van der Waals surface area contributed by atoms with E-state index in [0.717, 1.165) is 0 Å². The van der Waals surface area contributed by atoms with Crippen LogP contribution in [0.15, 0.2) is 0 Å². The fourth-order valence-corrected chi connectivity index (χ4v) is 0. The number of carbonyl (C=O) groups is 1. The number of rotatable bonds is 0. The van der Waals surface area contributed by atoms with Gasteiger partial charge in [-0.05, 0) is 0 Å². The molecule has 0 N–H and O–H groups in total. The molecule has 0 aliphatic carbocycles. The van der Waals surface area contributed by atoms with E-state index in [-0.39, 0.29) is 51.4 Å². The van der Waals surface area contributed by atoms with Gasteiger partial charge in [-0.3, -0.25) is 0 Å². The minimum absolute atomic E-state index is 0. The van der Waals surface area contributed by atoms with Gasteiger partial charge in [-0.15, -0.1) is 0 Å². The van der Waals surface area contributed by atoms with Gasteiger partial charge in [-0.25, -0.2) is 0 Å². The molecule has 0 aromatic rings. The predicted octanol–water partition coefficient (Wildman–Crippen LogP) is -3.79. The molecular formula is CH2KO2P. The molecule has 0 aliphatic heterocycles. The second-order valence-corrected chi connectivity index (χ2v) is 0.790. The molecule has 0 rings (SSSR count). The van der Waals surface area contributed by atoms with Gasteiger partial charge in [-0.1, -0.05) is 9.24 Å². The molecule has 0 saturated carbocycles. The Bertz CT molecular complexity index is 32.6. The number of hydrogen-bond acceptors (Lipinski definition) is 2. The van der Waals surface area contributed by atoms with E-state index >= 15 is 0 Å². The summed E-state index contributed by atoms with van der Waals surface area (Å²) in [5, 5.41) is 8.85. The average molecular weight is 116 g/mol. The first-order chi connectivity index (χ1) is 1.73. The third-order valence-corrected chi connectivity index (χ3v) is 0. The minimum atomic E-state index is -1.17. The summed E-state index contributed by atoms with van der Waals surface area (Å²) >= 11 is 0. The summed E-state index contributed by atoms with van der Waals surface area (Å²) in [6, 6.07) is 0. The van der Waals surface area contributed by atoms with Crippen LogP contribution in [-0.4, -0.2) is 5.71 Å². The Morgan fingerprint density at radius 1 is 1.80 bits per heavy atom. The SMILES string of the molecule is O=C([O-])P.[K+]. The maximum absolute atomic E-state index is 8.85. The Hall–Kier alpha value is 1.54. The van der Waals surface area contributed by atoms with E-state index in [4.69, 9.17) is 9.90 Å². The molecule has 1 atom stereocenters. The van der Waals surface area contributed by atoms with Gasteiger partial charge in [0.1, 0.15) is 0 Å². The van der Waals surface area contributed by atoms with Crippen molar-refractivity contribution in [3.63, 3.8) is 0 Å².